The number of carboxylic acid groups (broad SMARTS) is 1. The van der Waals surface area contributed by atoms with E-state index in [1.807, 2.05) is 6.92 Å². The Balaban J connectivity index is 3.92. The molecule has 0 aromatic rings. The minimum absolute atomic E-state index is 0.0992. The third kappa shape index (κ3) is 7.99. The highest BCUT2D eigenvalue weighted by atomic mass is 16.4. The first-order chi connectivity index (χ1) is 7.60. The van der Waals surface area contributed by atoms with E-state index in [9.17, 15) is 9.59 Å². The van der Waals surface area contributed by atoms with Gasteiger partial charge in [-0.1, -0.05) is 19.4 Å². The summed E-state index contributed by atoms with van der Waals surface area (Å²) in [5, 5.41) is 11.4. The van der Waals surface area contributed by atoms with E-state index in [0.29, 0.717) is 13.1 Å². The fourth-order valence-corrected chi connectivity index (χ4v) is 1.22. The zero-order valence-electron chi connectivity index (χ0n) is 9.74. The van der Waals surface area contributed by atoms with Gasteiger partial charge in [0.2, 0.25) is 5.91 Å². The molecular formula is C11H20N2O3. The molecule has 5 heteroatoms. The van der Waals surface area contributed by atoms with Crippen molar-refractivity contribution in [3.05, 3.63) is 12.7 Å². The molecule has 0 aliphatic carbocycles. The van der Waals surface area contributed by atoms with E-state index in [1.165, 1.54) is 4.90 Å². The Bertz CT molecular complexity index is 241. The van der Waals surface area contributed by atoms with Crippen LogP contribution < -0.4 is 5.32 Å². The van der Waals surface area contributed by atoms with Gasteiger partial charge in [-0.3, -0.25) is 14.5 Å². The second-order valence-electron chi connectivity index (χ2n) is 3.56. The lowest BCUT2D eigenvalue weighted by molar-refractivity contribution is -0.138. The largest absolute Gasteiger partial charge is 0.480 e. The lowest BCUT2D eigenvalue weighted by Crippen LogP contribution is -2.40. The van der Waals surface area contributed by atoms with Crippen molar-refractivity contribution in [3.63, 3.8) is 0 Å². The third-order valence-electron chi connectivity index (χ3n) is 1.97. The summed E-state index contributed by atoms with van der Waals surface area (Å²) in [6.07, 6.45) is 3.54. The number of aliphatic carboxylic acids is 1. The fraction of sp³-hybridized carbons (Fsp3) is 0.636. The number of nitrogens with one attached hydrogen (secondary N) is 1. The van der Waals surface area contributed by atoms with E-state index in [4.69, 9.17) is 5.11 Å². The van der Waals surface area contributed by atoms with Crippen LogP contribution in [0.15, 0.2) is 12.7 Å². The predicted molar refractivity (Wildman–Crippen MR) is 62.2 cm³/mol. The van der Waals surface area contributed by atoms with Crippen molar-refractivity contribution in [1.82, 2.24) is 10.2 Å². The van der Waals surface area contributed by atoms with Crippen LogP contribution in [-0.4, -0.2) is 48.1 Å². The molecule has 0 aliphatic heterocycles. The summed E-state index contributed by atoms with van der Waals surface area (Å²) in [5.74, 6) is -1.08. The number of carboxylic acids is 1. The molecule has 0 saturated heterocycles. The van der Waals surface area contributed by atoms with E-state index in [-0.39, 0.29) is 19.0 Å². The molecule has 1 amide bonds. The van der Waals surface area contributed by atoms with Gasteiger partial charge in [0.05, 0.1) is 13.1 Å². The summed E-state index contributed by atoms with van der Waals surface area (Å²) >= 11 is 0. The average molecular weight is 228 g/mol. The molecule has 2 N–H and O–H groups in total. The van der Waals surface area contributed by atoms with Gasteiger partial charge in [0.1, 0.15) is 0 Å². The van der Waals surface area contributed by atoms with Crippen molar-refractivity contribution in [2.24, 2.45) is 0 Å². The standard InChI is InChI=1S/C11H20N2O3/c1-3-5-6-12-10(14)8-13(7-4-2)9-11(15)16/h4H,2-3,5-9H2,1H3,(H,12,14)(H,15,16). The number of carbonyl (C=O) groups excluding carboxylic acids is 1. The number of carbonyl (C=O) groups is 2. The van der Waals surface area contributed by atoms with E-state index in [2.05, 4.69) is 11.9 Å². The quantitative estimate of drug-likeness (QED) is 0.445. The molecule has 0 aromatic carbocycles. The molecule has 0 aromatic heterocycles. The molecule has 0 radical (unpaired) electrons. The van der Waals surface area contributed by atoms with Crippen LogP contribution in [0.4, 0.5) is 0 Å². The van der Waals surface area contributed by atoms with Gasteiger partial charge >= 0.3 is 5.97 Å². The SMILES string of the molecule is C=CCN(CC(=O)O)CC(=O)NCCCC. The van der Waals surface area contributed by atoms with E-state index in [1.54, 1.807) is 6.08 Å². The summed E-state index contributed by atoms with van der Waals surface area (Å²) in [7, 11) is 0. The number of unbranched alkanes of at least 4 members (excludes halogenated alkanes) is 1. The molecule has 0 atom stereocenters. The molecular weight excluding hydrogens is 208 g/mol. The van der Waals surface area contributed by atoms with Gasteiger partial charge in [0.15, 0.2) is 0 Å². The lowest BCUT2D eigenvalue weighted by atomic mass is 10.3. The second-order valence-corrected chi connectivity index (χ2v) is 3.56. The maximum Gasteiger partial charge on any atom is 0.317 e. The molecule has 0 unspecified atom stereocenters. The van der Waals surface area contributed by atoms with Crippen LogP contribution in [0.3, 0.4) is 0 Å². The Labute approximate surface area is 96.1 Å². The van der Waals surface area contributed by atoms with Crippen LogP contribution >= 0.6 is 0 Å². The molecule has 0 aliphatic rings. The second kappa shape index (κ2) is 8.91. The highest BCUT2D eigenvalue weighted by molar-refractivity contribution is 5.79. The predicted octanol–water partition coefficient (Wildman–Crippen LogP) is 0.475. The van der Waals surface area contributed by atoms with Crippen molar-refractivity contribution in [2.45, 2.75) is 19.8 Å². The molecule has 0 rings (SSSR count). The summed E-state index contributed by atoms with van der Waals surface area (Å²) in [5.41, 5.74) is 0. The normalized spacial score (nSPS) is 10.1. The Morgan fingerprint density at radius 1 is 1.44 bits per heavy atom. The molecule has 0 spiro atoms. The zero-order valence-corrected chi connectivity index (χ0v) is 9.74. The van der Waals surface area contributed by atoms with Gasteiger partial charge in [-0.05, 0) is 6.42 Å². The lowest BCUT2D eigenvalue weighted by Gasteiger charge is -2.17. The van der Waals surface area contributed by atoms with Gasteiger partial charge in [-0.15, -0.1) is 6.58 Å². The van der Waals surface area contributed by atoms with Crippen molar-refractivity contribution < 1.29 is 14.7 Å². The monoisotopic (exact) mass is 228 g/mol. The minimum Gasteiger partial charge on any atom is -0.480 e. The van der Waals surface area contributed by atoms with E-state index in [0.717, 1.165) is 12.8 Å². The Hall–Kier alpha value is -1.36. The molecule has 0 heterocycles. The molecule has 16 heavy (non-hydrogen) atoms. The third-order valence-corrected chi connectivity index (χ3v) is 1.97. The number of nitrogens with zero attached hydrogens (tertiary/aromatic N) is 1. The molecule has 0 fully saturated rings. The van der Waals surface area contributed by atoms with Gasteiger partial charge in [0.25, 0.3) is 0 Å². The van der Waals surface area contributed by atoms with Gasteiger partial charge in [-0.25, -0.2) is 0 Å². The summed E-state index contributed by atoms with van der Waals surface area (Å²) in [6.45, 7) is 6.56. The maximum absolute atomic E-state index is 11.4. The molecule has 92 valence electrons. The van der Waals surface area contributed by atoms with Crippen LogP contribution in [0, 0.1) is 0 Å². The highest BCUT2D eigenvalue weighted by Crippen LogP contribution is 1.89. The van der Waals surface area contributed by atoms with Crippen molar-refractivity contribution >= 4 is 11.9 Å². The van der Waals surface area contributed by atoms with Crippen molar-refractivity contribution in [2.75, 3.05) is 26.2 Å². The minimum atomic E-state index is -0.941. The van der Waals surface area contributed by atoms with Crippen molar-refractivity contribution in [1.29, 1.82) is 0 Å². The van der Waals surface area contributed by atoms with E-state index >= 15 is 0 Å². The summed E-state index contributed by atoms with van der Waals surface area (Å²) in [6, 6.07) is 0. The molecule has 5 nitrogen and oxygen atoms in total. The smallest absolute Gasteiger partial charge is 0.317 e. The van der Waals surface area contributed by atoms with Gasteiger partial charge < -0.3 is 10.4 Å². The van der Waals surface area contributed by atoms with E-state index < -0.39 is 5.97 Å². The molecule has 0 bridgehead atoms. The first-order valence-electron chi connectivity index (χ1n) is 5.41. The van der Waals surface area contributed by atoms with Gasteiger partial charge in [0, 0.05) is 13.1 Å². The number of rotatable bonds is 9. The maximum atomic E-state index is 11.4. The van der Waals surface area contributed by atoms with Crippen LogP contribution in [0.25, 0.3) is 0 Å². The van der Waals surface area contributed by atoms with Crippen molar-refractivity contribution in [3.8, 4) is 0 Å². The summed E-state index contributed by atoms with van der Waals surface area (Å²) < 4.78 is 0. The Morgan fingerprint density at radius 3 is 2.62 bits per heavy atom. The summed E-state index contributed by atoms with van der Waals surface area (Å²) in [4.78, 5) is 23.4. The first-order valence-corrected chi connectivity index (χ1v) is 5.41. The molecule has 0 saturated carbocycles. The fourth-order valence-electron chi connectivity index (χ4n) is 1.22. The number of hydrogen-bond acceptors (Lipinski definition) is 3. The Kier molecular flexibility index (Phi) is 8.15. The van der Waals surface area contributed by atoms with Crippen LogP contribution in [0.5, 0.6) is 0 Å². The number of amides is 1. The van der Waals surface area contributed by atoms with Crippen LogP contribution in [0.2, 0.25) is 0 Å². The highest BCUT2D eigenvalue weighted by Gasteiger charge is 2.11. The number of hydrogen-bond donors (Lipinski definition) is 2. The van der Waals surface area contributed by atoms with Crippen LogP contribution in [-0.2, 0) is 9.59 Å². The average Bonchev–Trinajstić information content (AvgIpc) is 2.17. The zero-order chi connectivity index (χ0) is 12.4. The topological polar surface area (TPSA) is 69.6 Å². The first kappa shape index (κ1) is 14.6. The van der Waals surface area contributed by atoms with Crippen LogP contribution in [0.1, 0.15) is 19.8 Å². The Morgan fingerprint density at radius 2 is 2.12 bits per heavy atom. The van der Waals surface area contributed by atoms with Gasteiger partial charge in [-0.2, -0.15) is 0 Å².